The molecule has 162 valence electrons. The second-order valence-electron chi connectivity index (χ2n) is 7.46. The lowest BCUT2D eigenvalue weighted by atomic mass is 9.84. The van der Waals surface area contributed by atoms with Crippen molar-refractivity contribution in [2.75, 3.05) is 26.1 Å². The van der Waals surface area contributed by atoms with Crippen molar-refractivity contribution in [1.29, 1.82) is 0 Å². The molecule has 0 bridgehead atoms. The van der Waals surface area contributed by atoms with Crippen molar-refractivity contribution in [3.05, 3.63) is 64.7 Å². The molecule has 0 spiro atoms. The normalized spacial score (nSPS) is 11.0. The van der Waals surface area contributed by atoms with E-state index in [0.717, 1.165) is 17.1 Å². The topological polar surface area (TPSA) is 102 Å². The predicted molar refractivity (Wildman–Crippen MR) is 119 cm³/mol. The summed E-state index contributed by atoms with van der Waals surface area (Å²) >= 11 is 1.14. The van der Waals surface area contributed by atoms with Gasteiger partial charge in [0.1, 0.15) is 0 Å². The number of nitrogens with one attached hydrogen (secondary N) is 2. The van der Waals surface area contributed by atoms with E-state index in [1.807, 2.05) is 38.1 Å². The third-order valence-electron chi connectivity index (χ3n) is 4.85. The lowest BCUT2D eigenvalue weighted by Crippen LogP contribution is -2.36. The molecular weight excluding hydrogens is 416 g/mol. The molecule has 2 aromatic carbocycles. The summed E-state index contributed by atoms with van der Waals surface area (Å²) in [5.41, 5.74) is 2.14. The summed E-state index contributed by atoms with van der Waals surface area (Å²) in [7, 11) is 3.07. The highest BCUT2D eigenvalue weighted by Crippen LogP contribution is 2.28. The first-order valence-corrected chi connectivity index (χ1v) is 10.4. The first kappa shape index (κ1) is 22.2. The Bertz CT molecular complexity index is 1050. The van der Waals surface area contributed by atoms with Gasteiger partial charge in [-0.05, 0) is 47.4 Å². The lowest BCUT2D eigenvalue weighted by Gasteiger charge is -2.25. The Balaban J connectivity index is 1.64. The quantitative estimate of drug-likeness (QED) is 0.556. The maximum atomic E-state index is 12.6. The van der Waals surface area contributed by atoms with Gasteiger partial charge in [-0.2, -0.15) is 0 Å². The number of hydrogen-bond donors (Lipinski definition) is 2. The Labute approximate surface area is 184 Å². The van der Waals surface area contributed by atoms with E-state index < -0.39 is 0 Å². The van der Waals surface area contributed by atoms with Gasteiger partial charge in [-0.15, -0.1) is 5.10 Å². The van der Waals surface area contributed by atoms with Gasteiger partial charge in [0.05, 0.1) is 14.2 Å². The zero-order valence-corrected chi connectivity index (χ0v) is 18.6. The van der Waals surface area contributed by atoms with Crippen LogP contribution in [0.15, 0.2) is 47.8 Å². The fourth-order valence-electron chi connectivity index (χ4n) is 2.94. The number of methoxy groups -OCH3 is 2. The Morgan fingerprint density at radius 2 is 1.71 bits per heavy atom. The van der Waals surface area contributed by atoms with E-state index >= 15 is 0 Å². The van der Waals surface area contributed by atoms with Crippen LogP contribution in [0.1, 0.15) is 40.3 Å². The molecule has 9 heteroatoms. The molecule has 0 atom stereocenters. The number of aromatic nitrogens is 2. The van der Waals surface area contributed by atoms with Crippen LogP contribution in [0.4, 0.5) is 5.69 Å². The minimum atomic E-state index is -0.314. The van der Waals surface area contributed by atoms with Gasteiger partial charge in [0.2, 0.25) is 0 Å². The molecular formula is C22H24N4O4S. The number of benzene rings is 2. The van der Waals surface area contributed by atoms with Crippen molar-refractivity contribution in [1.82, 2.24) is 14.9 Å². The van der Waals surface area contributed by atoms with Gasteiger partial charge >= 0.3 is 0 Å². The number of anilines is 1. The summed E-state index contributed by atoms with van der Waals surface area (Å²) in [6.07, 6.45) is 0. The van der Waals surface area contributed by atoms with Crippen LogP contribution >= 0.6 is 11.5 Å². The van der Waals surface area contributed by atoms with Gasteiger partial charge in [-0.1, -0.05) is 30.5 Å². The van der Waals surface area contributed by atoms with Crippen molar-refractivity contribution < 1.29 is 19.1 Å². The van der Waals surface area contributed by atoms with Crippen LogP contribution in [-0.2, 0) is 5.41 Å². The molecule has 8 nitrogen and oxygen atoms in total. The molecule has 0 unspecified atom stereocenters. The molecule has 0 aliphatic carbocycles. The van der Waals surface area contributed by atoms with E-state index in [4.69, 9.17) is 9.47 Å². The van der Waals surface area contributed by atoms with Crippen molar-refractivity contribution in [3.63, 3.8) is 0 Å². The molecule has 3 rings (SSSR count). The summed E-state index contributed by atoms with van der Waals surface area (Å²) in [6.45, 7) is 4.49. The molecule has 0 aliphatic rings. The molecule has 31 heavy (non-hydrogen) atoms. The first-order valence-electron chi connectivity index (χ1n) is 9.53. The number of carbonyl (C=O) groups excluding carboxylic acids is 2. The Morgan fingerprint density at radius 3 is 2.32 bits per heavy atom. The van der Waals surface area contributed by atoms with E-state index in [0.29, 0.717) is 35.0 Å². The fourth-order valence-corrected chi connectivity index (χ4v) is 3.38. The van der Waals surface area contributed by atoms with Crippen LogP contribution in [0.2, 0.25) is 0 Å². The van der Waals surface area contributed by atoms with Crippen LogP contribution in [-0.4, -0.2) is 42.2 Å². The van der Waals surface area contributed by atoms with Crippen molar-refractivity contribution >= 4 is 29.0 Å². The van der Waals surface area contributed by atoms with E-state index in [1.165, 1.54) is 7.11 Å². The first-order chi connectivity index (χ1) is 14.8. The fraction of sp³-hybridized carbons (Fsp3) is 0.273. The SMILES string of the molecule is COc1ccc(C(=O)Nc2ccc(C(C)(C)CNC(=O)c3csnn3)cc2)cc1OC. The summed E-state index contributed by atoms with van der Waals surface area (Å²) in [6, 6.07) is 12.5. The average molecular weight is 441 g/mol. The molecule has 1 aromatic heterocycles. The van der Waals surface area contributed by atoms with Gasteiger partial charge in [0.25, 0.3) is 11.8 Å². The van der Waals surface area contributed by atoms with Crippen molar-refractivity contribution in [2.24, 2.45) is 0 Å². The molecule has 0 saturated carbocycles. The second-order valence-corrected chi connectivity index (χ2v) is 8.07. The Hall–Kier alpha value is -3.46. The molecule has 0 fully saturated rings. The van der Waals surface area contributed by atoms with Gasteiger partial charge in [0.15, 0.2) is 17.2 Å². The highest BCUT2D eigenvalue weighted by Gasteiger charge is 2.22. The van der Waals surface area contributed by atoms with Gasteiger partial charge in [0, 0.05) is 28.6 Å². The molecule has 0 aliphatic heterocycles. The zero-order chi connectivity index (χ0) is 22.4. The highest BCUT2D eigenvalue weighted by atomic mass is 32.1. The van der Waals surface area contributed by atoms with Gasteiger partial charge < -0.3 is 20.1 Å². The molecule has 3 aromatic rings. The average Bonchev–Trinajstić information content (AvgIpc) is 3.32. The summed E-state index contributed by atoms with van der Waals surface area (Å²) in [5.74, 6) is 0.546. The maximum absolute atomic E-state index is 12.6. The number of carbonyl (C=O) groups is 2. The van der Waals surface area contributed by atoms with Crippen LogP contribution < -0.4 is 20.1 Å². The number of amides is 2. The minimum Gasteiger partial charge on any atom is -0.493 e. The monoisotopic (exact) mass is 440 g/mol. The number of ether oxygens (including phenoxy) is 2. The summed E-state index contributed by atoms with van der Waals surface area (Å²) in [4.78, 5) is 24.7. The zero-order valence-electron chi connectivity index (χ0n) is 17.8. The smallest absolute Gasteiger partial charge is 0.272 e. The van der Waals surface area contributed by atoms with Gasteiger partial charge in [-0.3, -0.25) is 9.59 Å². The van der Waals surface area contributed by atoms with Crippen molar-refractivity contribution in [2.45, 2.75) is 19.3 Å². The highest BCUT2D eigenvalue weighted by molar-refractivity contribution is 7.03. The molecule has 2 N–H and O–H groups in total. The van der Waals surface area contributed by atoms with Crippen LogP contribution in [0, 0.1) is 0 Å². The van der Waals surface area contributed by atoms with E-state index in [2.05, 4.69) is 20.2 Å². The predicted octanol–water partition coefficient (Wildman–Crippen LogP) is 3.52. The molecule has 0 radical (unpaired) electrons. The minimum absolute atomic E-state index is 0.249. The Kier molecular flexibility index (Phi) is 6.86. The lowest BCUT2D eigenvalue weighted by molar-refractivity contribution is 0.0940. The number of rotatable bonds is 8. The molecule has 2 amide bonds. The van der Waals surface area contributed by atoms with Crippen LogP contribution in [0.25, 0.3) is 0 Å². The largest absolute Gasteiger partial charge is 0.493 e. The summed E-state index contributed by atoms with van der Waals surface area (Å²) in [5, 5.41) is 11.1. The van der Waals surface area contributed by atoms with E-state index in [1.54, 1.807) is 30.7 Å². The third-order valence-corrected chi connectivity index (χ3v) is 5.36. The molecule has 0 saturated heterocycles. The summed E-state index contributed by atoms with van der Waals surface area (Å²) < 4.78 is 14.2. The van der Waals surface area contributed by atoms with Crippen LogP contribution in [0.3, 0.4) is 0 Å². The standard InChI is InChI=1S/C22H24N4O4S/c1-22(2,13-23-21(28)17-12-31-26-25-17)15-6-8-16(9-7-15)24-20(27)14-5-10-18(29-3)19(11-14)30-4/h5-12H,13H2,1-4H3,(H,23,28)(H,24,27). The van der Waals surface area contributed by atoms with E-state index in [9.17, 15) is 9.59 Å². The third kappa shape index (κ3) is 5.37. The number of hydrogen-bond acceptors (Lipinski definition) is 7. The van der Waals surface area contributed by atoms with Gasteiger partial charge in [-0.25, -0.2) is 0 Å². The molecule has 1 heterocycles. The van der Waals surface area contributed by atoms with Crippen LogP contribution in [0.5, 0.6) is 11.5 Å². The second kappa shape index (κ2) is 9.57. The van der Waals surface area contributed by atoms with E-state index in [-0.39, 0.29) is 17.2 Å². The Morgan fingerprint density at radius 1 is 1.00 bits per heavy atom. The van der Waals surface area contributed by atoms with Crippen molar-refractivity contribution in [3.8, 4) is 11.5 Å². The maximum Gasteiger partial charge on any atom is 0.272 e. The number of nitrogens with zero attached hydrogens (tertiary/aromatic N) is 2.